The van der Waals surface area contributed by atoms with Crippen LogP contribution in [0.5, 0.6) is 0 Å². The smallest absolute Gasteiger partial charge is 0.352 e. The zero-order valence-electron chi connectivity index (χ0n) is 16.4. The van der Waals surface area contributed by atoms with E-state index < -0.39 is 29.2 Å². The van der Waals surface area contributed by atoms with Crippen molar-refractivity contribution in [2.45, 2.75) is 33.6 Å². The third-order valence-corrected chi connectivity index (χ3v) is 4.30. The number of carbonyl (C=O) groups is 2. The number of carbonyl (C=O) groups excluding carboxylic acids is 1. The number of hydrogen-bond acceptors (Lipinski definition) is 3. The maximum absolute atomic E-state index is 14.0. The van der Waals surface area contributed by atoms with Crippen LogP contribution in [0.4, 0.5) is 14.5 Å². The molecule has 0 heterocycles. The monoisotopic (exact) mass is 424 g/mol. The minimum Gasteiger partial charge on any atom is -0.477 e. The number of amides is 1. The molecule has 0 fully saturated rings. The molecule has 0 saturated heterocycles. The molecule has 0 aliphatic rings. The highest BCUT2D eigenvalue weighted by Gasteiger charge is 2.19. The average Bonchev–Trinajstić information content (AvgIpc) is 2.67. The van der Waals surface area contributed by atoms with Gasteiger partial charge in [-0.1, -0.05) is 31.2 Å². The lowest BCUT2D eigenvalue weighted by Gasteiger charge is -2.14. The first-order valence-corrected chi connectivity index (χ1v) is 9.11. The molecule has 0 atom stereocenters. The van der Waals surface area contributed by atoms with Crippen LogP contribution in [0.1, 0.15) is 32.3 Å². The second-order valence-electron chi connectivity index (χ2n) is 6.16. The molecule has 0 radical (unpaired) electrons. The summed E-state index contributed by atoms with van der Waals surface area (Å²) in [7, 11) is 0. The molecule has 29 heavy (non-hydrogen) atoms. The molecule has 0 aliphatic heterocycles. The number of aliphatic carboxylic acids is 1. The first-order valence-electron chi connectivity index (χ1n) is 8.73. The van der Waals surface area contributed by atoms with Gasteiger partial charge in [0.05, 0.1) is 12.1 Å². The van der Waals surface area contributed by atoms with Crippen molar-refractivity contribution in [2.75, 3.05) is 5.32 Å². The Morgan fingerprint density at radius 3 is 2.48 bits per heavy atom. The van der Waals surface area contributed by atoms with Crippen molar-refractivity contribution in [3.63, 3.8) is 0 Å². The van der Waals surface area contributed by atoms with E-state index in [0.717, 1.165) is 6.07 Å². The minimum absolute atomic E-state index is 0.128. The van der Waals surface area contributed by atoms with E-state index >= 15 is 0 Å². The number of allylic oxidation sites excluding steroid dienone is 4. The van der Waals surface area contributed by atoms with Gasteiger partial charge in [-0.05, 0) is 55.7 Å². The van der Waals surface area contributed by atoms with Crippen molar-refractivity contribution in [3.8, 4) is 0 Å². The molecule has 0 bridgehead atoms. The van der Waals surface area contributed by atoms with Crippen molar-refractivity contribution >= 4 is 29.2 Å². The van der Waals surface area contributed by atoms with E-state index in [1.54, 1.807) is 12.2 Å². The van der Waals surface area contributed by atoms with Gasteiger partial charge in [0, 0.05) is 10.7 Å². The number of nitrogens with one attached hydrogen (secondary N) is 2. The van der Waals surface area contributed by atoms with Crippen LogP contribution < -0.4 is 10.6 Å². The molecular weight excluding hydrogens is 402 g/mol. The van der Waals surface area contributed by atoms with Crippen molar-refractivity contribution in [1.29, 1.82) is 0 Å². The number of hydrogen-bond donors (Lipinski definition) is 3. The quantitative estimate of drug-likeness (QED) is 0.378. The number of aryl methyl sites for hydroxylation is 1. The van der Waals surface area contributed by atoms with Crippen LogP contribution in [-0.4, -0.2) is 17.0 Å². The highest BCUT2D eigenvalue weighted by molar-refractivity contribution is 6.29. The van der Waals surface area contributed by atoms with Crippen LogP contribution in [0.3, 0.4) is 0 Å². The summed E-state index contributed by atoms with van der Waals surface area (Å²) < 4.78 is 27.5. The lowest BCUT2D eigenvalue weighted by atomic mass is 10.1. The Bertz CT molecular complexity index is 905. The average molecular weight is 425 g/mol. The molecule has 1 rings (SSSR count). The van der Waals surface area contributed by atoms with Crippen LogP contribution in [0, 0.1) is 18.6 Å². The SMILES string of the molecule is C=C/C(=C\C=C(\Cl)CC)NC(=O)C/C(C)=C(/Nc1c(C)ccc(F)c1F)C(=O)O. The summed E-state index contributed by atoms with van der Waals surface area (Å²) in [6.45, 7) is 8.38. The Labute approximate surface area is 173 Å². The second kappa shape index (κ2) is 11.2. The first kappa shape index (κ1) is 24.1. The van der Waals surface area contributed by atoms with Gasteiger partial charge in [0.15, 0.2) is 11.6 Å². The Hall–Kier alpha value is -2.93. The van der Waals surface area contributed by atoms with Gasteiger partial charge in [-0.3, -0.25) is 4.79 Å². The number of carboxylic acids is 1. The highest BCUT2D eigenvalue weighted by atomic mass is 35.5. The molecule has 156 valence electrons. The molecule has 1 amide bonds. The molecule has 0 saturated carbocycles. The molecule has 1 aromatic rings. The van der Waals surface area contributed by atoms with Crippen LogP contribution in [0.2, 0.25) is 0 Å². The summed E-state index contributed by atoms with van der Waals surface area (Å²) in [6, 6.07) is 2.26. The Kier molecular flexibility index (Phi) is 9.28. The molecule has 0 spiro atoms. The van der Waals surface area contributed by atoms with Gasteiger partial charge < -0.3 is 15.7 Å². The standard InChI is InChI=1S/C21H23ClF2N2O3/c1-5-14(22)8-9-15(6-2)25-17(27)11-13(4)20(21(28)29)26-19-12(3)7-10-16(23)18(19)24/h6-10,26H,2,5,11H2,1,3-4H3,(H,25,27)(H,28,29)/b14-8+,15-9+,20-13+. The van der Waals surface area contributed by atoms with Crippen LogP contribution >= 0.6 is 11.6 Å². The number of halogens is 3. The largest absolute Gasteiger partial charge is 0.477 e. The van der Waals surface area contributed by atoms with Gasteiger partial charge in [0.2, 0.25) is 5.91 Å². The zero-order chi connectivity index (χ0) is 22.1. The Morgan fingerprint density at radius 2 is 1.93 bits per heavy atom. The van der Waals surface area contributed by atoms with E-state index in [9.17, 15) is 23.5 Å². The van der Waals surface area contributed by atoms with Gasteiger partial charge in [-0.15, -0.1) is 0 Å². The topological polar surface area (TPSA) is 78.4 Å². The van der Waals surface area contributed by atoms with E-state index in [-0.39, 0.29) is 17.7 Å². The fourth-order valence-corrected chi connectivity index (χ4v) is 2.32. The molecular formula is C21H23ClF2N2O3. The Morgan fingerprint density at radius 1 is 1.28 bits per heavy atom. The van der Waals surface area contributed by atoms with Gasteiger partial charge in [0.25, 0.3) is 0 Å². The molecule has 1 aromatic carbocycles. The molecule has 8 heteroatoms. The maximum Gasteiger partial charge on any atom is 0.352 e. The maximum atomic E-state index is 14.0. The van der Waals surface area contributed by atoms with E-state index in [4.69, 9.17) is 11.6 Å². The fourth-order valence-electron chi connectivity index (χ4n) is 2.26. The first-order chi connectivity index (χ1) is 13.6. The second-order valence-corrected chi connectivity index (χ2v) is 6.64. The molecule has 0 aromatic heterocycles. The highest BCUT2D eigenvalue weighted by Crippen LogP contribution is 2.24. The molecule has 3 N–H and O–H groups in total. The third kappa shape index (κ3) is 7.19. The van der Waals surface area contributed by atoms with Gasteiger partial charge in [-0.2, -0.15) is 0 Å². The third-order valence-electron chi connectivity index (χ3n) is 3.90. The lowest BCUT2D eigenvalue weighted by molar-refractivity contribution is -0.132. The molecule has 5 nitrogen and oxygen atoms in total. The number of anilines is 1. The van der Waals surface area contributed by atoms with E-state index in [1.165, 1.54) is 26.0 Å². The predicted molar refractivity (Wildman–Crippen MR) is 110 cm³/mol. The zero-order valence-corrected chi connectivity index (χ0v) is 17.2. The van der Waals surface area contributed by atoms with Gasteiger partial charge in [-0.25, -0.2) is 13.6 Å². The van der Waals surface area contributed by atoms with E-state index in [2.05, 4.69) is 17.2 Å². The summed E-state index contributed by atoms with van der Waals surface area (Å²) in [5.41, 5.74) is 0.116. The minimum atomic E-state index is -1.41. The summed E-state index contributed by atoms with van der Waals surface area (Å²) in [6.07, 6.45) is 4.93. The summed E-state index contributed by atoms with van der Waals surface area (Å²) >= 11 is 5.91. The lowest BCUT2D eigenvalue weighted by Crippen LogP contribution is -2.23. The number of benzene rings is 1. The van der Waals surface area contributed by atoms with E-state index in [1.807, 2.05) is 6.92 Å². The van der Waals surface area contributed by atoms with Crippen LogP contribution in [-0.2, 0) is 9.59 Å². The van der Waals surface area contributed by atoms with Crippen molar-refractivity contribution in [1.82, 2.24) is 5.32 Å². The fraction of sp³-hybridized carbons (Fsp3) is 0.238. The Balaban J connectivity index is 3.08. The van der Waals surface area contributed by atoms with Crippen molar-refractivity contribution in [3.05, 3.63) is 76.1 Å². The normalized spacial score (nSPS) is 12.9. The summed E-state index contributed by atoms with van der Waals surface area (Å²) in [5.74, 6) is -4.22. The van der Waals surface area contributed by atoms with Crippen molar-refractivity contribution in [2.24, 2.45) is 0 Å². The predicted octanol–water partition coefficient (Wildman–Crippen LogP) is 5.15. The van der Waals surface area contributed by atoms with Crippen LogP contribution in [0.15, 0.2) is 58.9 Å². The number of rotatable bonds is 9. The van der Waals surface area contributed by atoms with Gasteiger partial charge >= 0.3 is 5.97 Å². The number of carboxylic acid groups (broad SMARTS) is 1. The summed E-state index contributed by atoms with van der Waals surface area (Å²) in [4.78, 5) is 23.9. The molecule has 0 aliphatic carbocycles. The van der Waals surface area contributed by atoms with Gasteiger partial charge in [0.1, 0.15) is 5.70 Å². The molecule has 0 unspecified atom stereocenters. The van der Waals surface area contributed by atoms with Crippen molar-refractivity contribution < 1.29 is 23.5 Å². The van der Waals surface area contributed by atoms with E-state index in [0.29, 0.717) is 22.7 Å². The van der Waals surface area contributed by atoms with Crippen LogP contribution in [0.25, 0.3) is 0 Å². The summed E-state index contributed by atoms with van der Waals surface area (Å²) in [5, 5.41) is 15.0.